The van der Waals surface area contributed by atoms with Gasteiger partial charge in [0.2, 0.25) is 5.82 Å². The zero-order valence-electron chi connectivity index (χ0n) is 57.1. The number of thiol groups is 1. The van der Waals surface area contributed by atoms with Crippen LogP contribution in [0.5, 0.6) is 0 Å². The molecule has 0 aromatic heterocycles. The van der Waals surface area contributed by atoms with Crippen molar-refractivity contribution in [2.75, 3.05) is 16.8 Å². The zero-order chi connectivity index (χ0) is 89.7. The average molecular weight is 2310 g/mol. The molecule has 1 aliphatic rings. The summed E-state index contributed by atoms with van der Waals surface area (Å²) in [5.74, 6) is -0.991. The lowest BCUT2D eigenvalue weighted by Gasteiger charge is -2.22. The number of nitro groups is 3. The summed E-state index contributed by atoms with van der Waals surface area (Å²) in [7, 11) is 0. The van der Waals surface area contributed by atoms with Crippen molar-refractivity contribution in [2.45, 2.75) is 53.9 Å². The fourth-order valence-corrected chi connectivity index (χ4v) is 19.6. The summed E-state index contributed by atoms with van der Waals surface area (Å²) in [6.45, 7) is 0. The van der Waals surface area contributed by atoms with Crippen LogP contribution in [-0.2, 0) is 0 Å². The Balaban J connectivity index is 0.000000195. The molecule has 0 radical (unpaired) electrons. The smallest absolute Gasteiger partial charge is 0.306 e. The molecule has 1 heterocycles. The first kappa shape index (κ1) is 106. The van der Waals surface area contributed by atoms with E-state index in [1.54, 1.807) is 84.6 Å². The fourth-order valence-electron chi connectivity index (χ4n) is 8.40. The van der Waals surface area contributed by atoms with Gasteiger partial charge in [-0.2, -0.15) is 4.39 Å². The van der Waals surface area contributed by atoms with E-state index in [9.17, 15) is 34.7 Å². The Morgan fingerprint density at radius 3 is 0.758 bits per heavy atom. The van der Waals surface area contributed by atoms with Crippen molar-refractivity contribution < 1.29 is 19.2 Å². The SMILES string of the molecule is Clc1cc2c(cc1Cl)Sc1cc(Cl)c(Cl)cc1N2.Nc1cc(Cl)c(Cl)cc1Sc1cc(Cl)c(Cl)cc1Cl.Nc1cc(Cl)c(Cl)cc1Sc1cc(Cl)c(Cl)cc1Cl.O=[N+]([O-])c1cc(Cl)c(Cl)cc1F.O=[N+]([O-])c1cc(Cl)c(Cl)cc1Sc1cc(Cl)c(Cl)cc1Cl.O=[N+]([O-])c1cc(Cl)c(Cl)cc1Sc1cc(Cl)c(Cl)cc1Cl.Sc1cc(Cl)c(Cl)cc1Cl. The van der Waals surface area contributed by atoms with Crippen molar-refractivity contribution in [1.82, 2.24) is 0 Å². The van der Waals surface area contributed by atoms with Gasteiger partial charge in [-0.25, -0.2) is 0 Å². The fraction of sp³-hybridized carbons (Fsp3) is 0. The topological polar surface area (TPSA) is 193 Å². The molecule has 0 atom stereocenters. The minimum absolute atomic E-state index is 0.0373. The minimum atomic E-state index is -0.991. The monoisotopic (exact) mass is 2300 g/mol. The molecule has 630 valence electrons. The Labute approximate surface area is 853 Å². The highest BCUT2D eigenvalue weighted by atomic mass is 35.5. The van der Waals surface area contributed by atoms with Gasteiger partial charge < -0.3 is 16.8 Å². The van der Waals surface area contributed by atoms with Crippen LogP contribution >= 0.6 is 408 Å². The molecule has 5 N–H and O–H groups in total. The van der Waals surface area contributed by atoms with Gasteiger partial charge in [0.25, 0.3) is 11.4 Å². The van der Waals surface area contributed by atoms with Crippen LogP contribution in [0.3, 0.4) is 0 Å². The largest absolute Gasteiger partial charge is 0.398 e. The zero-order valence-corrected chi connectivity index (χ0v) is 84.0. The summed E-state index contributed by atoms with van der Waals surface area (Å²) in [6, 6.07) is 36.4. The molecule has 0 saturated carbocycles. The predicted molar refractivity (Wildman–Crippen MR) is 522 cm³/mol. The lowest BCUT2D eigenvalue weighted by atomic mass is 10.2. The van der Waals surface area contributed by atoms with Gasteiger partial charge >= 0.3 is 5.69 Å². The number of nitro benzene ring substituents is 3. The third-order valence-electron chi connectivity index (χ3n) is 14.0. The molecule has 0 fully saturated rings. The van der Waals surface area contributed by atoms with Gasteiger partial charge in [-0.15, -0.1) is 12.6 Å². The first-order chi connectivity index (χ1) is 56.0. The maximum Gasteiger partial charge on any atom is 0.306 e. The van der Waals surface area contributed by atoms with E-state index in [-0.39, 0.29) is 41.5 Å². The second kappa shape index (κ2) is 48.5. The number of fused-ring (bicyclic) bond motifs is 2. The van der Waals surface area contributed by atoms with Gasteiger partial charge in [0.1, 0.15) is 0 Å². The molecular formula is C72H30Cl29FN6O6S6. The first-order valence-corrected chi connectivity index (χ1v) is 46.1. The highest BCUT2D eigenvalue weighted by Gasteiger charge is 2.25. The van der Waals surface area contributed by atoms with Crippen LogP contribution in [0, 0.1) is 36.2 Å². The van der Waals surface area contributed by atoms with Gasteiger partial charge in [-0.3, -0.25) is 30.3 Å². The summed E-state index contributed by atoms with van der Waals surface area (Å²) in [5.41, 5.74) is 13.6. The average Bonchev–Trinajstić information content (AvgIpc) is 0.780. The molecule has 12 aromatic rings. The van der Waals surface area contributed by atoms with Gasteiger partial charge in [-0.05, 0) is 121 Å². The number of nitrogens with zero attached hydrogens (tertiary/aromatic N) is 3. The number of nitrogen functional groups attached to an aromatic ring is 2. The maximum atomic E-state index is 12.7. The summed E-state index contributed by atoms with van der Waals surface area (Å²) in [5, 5.41) is 45.8. The lowest BCUT2D eigenvalue weighted by molar-refractivity contribution is -0.387. The predicted octanol–water partition coefficient (Wildman–Crippen LogP) is 40.9. The van der Waals surface area contributed by atoms with Gasteiger partial charge in [0.15, 0.2) is 0 Å². The molecule has 120 heavy (non-hydrogen) atoms. The molecule has 12 nitrogen and oxygen atoms in total. The molecule has 12 aromatic carbocycles. The standard InChI is InChI=1S/2C12H4Cl5NO2S.2C12H6Cl5NS.C12H5Cl4NS.C6H3Cl3S.C6H2Cl2FNO2/c2*13-5-1-9(17)11(3-7(5)15)21-12-4-8(16)6(14)2-10(12)18(19)20;2*13-5-1-9(17)11(3-7(5)15)19-12-4-8(16)6(14)2-10(12)18;13-5-1-9-11(3-7(5)15)18-12-4-8(16)6(14)2-10(12)17-9;7-3-1-5(9)6(10)2-4(3)8;7-3-1-5(9)6(10(11)12)2-4(3)8/h2*1-4H;2*1-4H,18H2;1-4,17H;1-2,10H;1-2H. The number of anilines is 4. The second-order valence-corrected chi connectivity index (χ2v) is 39.9. The quantitative estimate of drug-likeness (QED) is 0.0314. The van der Waals surface area contributed by atoms with Gasteiger partial charge in [-0.1, -0.05) is 395 Å². The van der Waals surface area contributed by atoms with E-state index in [4.69, 9.17) is 348 Å². The van der Waals surface area contributed by atoms with Crippen LogP contribution in [0.15, 0.2) is 199 Å². The van der Waals surface area contributed by atoms with E-state index in [2.05, 4.69) is 17.9 Å². The Morgan fingerprint density at radius 1 is 0.258 bits per heavy atom. The van der Waals surface area contributed by atoms with Crippen LogP contribution in [0.4, 0.5) is 44.2 Å². The third-order valence-corrected chi connectivity index (χ3v) is 30.8. The number of hydrogen-bond donors (Lipinski definition) is 4. The maximum absolute atomic E-state index is 12.7. The normalized spacial score (nSPS) is 10.9. The highest BCUT2D eigenvalue weighted by Crippen LogP contribution is 2.52. The number of nitrogens with two attached hydrogens (primary N) is 2. The molecule has 1 aliphatic heterocycles. The van der Waals surface area contributed by atoms with E-state index < -0.39 is 26.3 Å². The van der Waals surface area contributed by atoms with E-state index in [0.29, 0.717) is 151 Å². The second-order valence-electron chi connectivity index (χ2n) is 22.2. The number of nitrogens with one attached hydrogen (secondary N) is 1. The first-order valence-electron chi connectivity index (χ1n) is 30.6. The number of rotatable bonds is 11. The van der Waals surface area contributed by atoms with E-state index in [1.807, 2.05) is 12.1 Å². The van der Waals surface area contributed by atoms with Crippen LogP contribution in [0.1, 0.15) is 0 Å². The van der Waals surface area contributed by atoms with Crippen molar-refractivity contribution in [3.8, 4) is 0 Å². The van der Waals surface area contributed by atoms with Crippen molar-refractivity contribution >= 4 is 448 Å². The third kappa shape index (κ3) is 30.4. The van der Waals surface area contributed by atoms with Crippen molar-refractivity contribution in [3.63, 3.8) is 0 Å². The molecule has 0 amide bonds. The molecule has 0 aliphatic carbocycles. The molecule has 0 bridgehead atoms. The summed E-state index contributed by atoms with van der Waals surface area (Å²) >= 11 is 181. The van der Waals surface area contributed by atoms with Crippen molar-refractivity contribution in [1.29, 1.82) is 0 Å². The number of benzene rings is 12. The lowest BCUT2D eigenvalue weighted by Crippen LogP contribution is -2.00. The minimum Gasteiger partial charge on any atom is -0.398 e. The van der Waals surface area contributed by atoms with Gasteiger partial charge in [0.05, 0.1) is 182 Å². The Bertz CT molecular complexity index is 5490. The van der Waals surface area contributed by atoms with E-state index in [1.165, 1.54) is 72.1 Å². The molecule has 0 spiro atoms. The van der Waals surface area contributed by atoms with Crippen LogP contribution in [0.25, 0.3) is 0 Å². The summed E-state index contributed by atoms with van der Waals surface area (Å²) in [4.78, 5) is 37.6. The van der Waals surface area contributed by atoms with E-state index >= 15 is 0 Å². The Hall–Kier alpha value is -1.32. The highest BCUT2D eigenvalue weighted by molar-refractivity contribution is 8.00. The number of hydrogen-bond acceptors (Lipinski definition) is 15. The number of halogens is 30. The van der Waals surface area contributed by atoms with Crippen molar-refractivity contribution in [2.24, 2.45) is 0 Å². The molecule has 48 heteroatoms. The van der Waals surface area contributed by atoms with E-state index in [0.717, 1.165) is 76.4 Å². The van der Waals surface area contributed by atoms with Crippen LogP contribution < -0.4 is 16.8 Å². The van der Waals surface area contributed by atoms with Gasteiger partial charge in [0, 0.05) is 79.7 Å². The molecule has 0 unspecified atom stereocenters. The summed E-state index contributed by atoms with van der Waals surface area (Å²) in [6.07, 6.45) is 0. The summed E-state index contributed by atoms with van der Waals surface area (Å²) < 4.78 is 12.7. The molecular weight excluding hydrogens is 2280 g/mol. The molecule has 13 rings (SSSR count). The Morgan fingerprint density at radius 2 is 0.467 bits per heavy atom. The van der Waals surface area contributed by atoms with Crippen LogP contribution in [0.2, 0.25) is 146 Å². The van der Waals surface area contributed by atoms with Crippen molar-refractivity contribution in [3.05, 3.63) is 327 Å². The van der Waals surface area contributed by atoms with Crippen LogP contribution in [-0.4, -0.2) is 14.8 Å². The Kier molecular flexibility index (Phi) is 42.8. The molecule has 0 saturated heterocycles.